The predicted octanol–water partition coefficient (Wildman–Crippen LogP) is 2.93. The first-order valence-electron chi connectivity index (χ1n) is 4.57. The standard InChI is InChI=1S/C11H10ClN3/c1-2-9(7-14)15-10-4-3-8(6-13)11(12)5-10/h3-5,9,15H,2H2,1H3. The molecule has 1 aromatic rings. The van der Waals surface area contributed by atoms with Gasteiger partial charge in [-0.25, -0.2) is 0 Å². The number of nitriles is 2. The van der Waals surface area contributed by atoms with Crippen LogP contribution in [0.15, 0.2) is 18.2 Å². The quantitative estimate of drug-likeness (QED) is 0.850. The Balaban J connectivity index is 2.86. The van der Waals surface area contributed by atoms with E-state index in [0.717, 1.165) is 5.69 Å². The summed E-state index contributed by atoms with van der Waals surface area (Å²) >= 11 is 5.85. The van der Waals surface area contributed by atoms with Gasteiger partial charge in [0.2, 0.25) is 0 Å². The van der Waals surface area contributed by atoms with Crippen molar-refractivity contribution in [2.24, 2.45) is 0 Å². The number of hydrogen-bond donors (Lipinski definition) is 1. The Bertz CT molecular complexity index is 428. The SMILES string of the molecule is CCC(C#N)Nc1ccc(C#N)c(Cl)c1. The van der Waals surface area contributed by atoms with Crippen LogP contribution in [0, 0.1) is 22.7 Å². The van der Waals surface area contributed by atoms with Crippen molar-refractivity contribution in [3.05, 3.63) is 28.8 Å². The molecule has 1 N–H and O–H groups in total. The third-order valence-electron chi connectivity index (χ3n) is 1.99. The summed E-state index contributed by atoms with van der Waals surface area (Å²) in [4.78, 5) is 0. The fraction of sp³-hybridized carbons (Fsp3) is 0.273. The van der Waals surface area contributed by atoms with E-state index in [1.165, 1.54) is 0 Å². The van der Waals surface area contributed by atoms with Gasteiger partial charge in [-0.2, -0.15) is 10.5 Å². The average Bonchev–Trinajstić information content (AvgIpc) is 2.26. The van der Waals surface area contributed by atoms with Gasteiger partial charge < -0.3 is 5.32 Å². The molecule has 3 nitrogen and oxygen atoms in total. The van der Waals surface area contributed by atoms with Gasteiger partial charge >= 0.3 is 0 Å². The zero-order valence-corrected chi connectivity index (χ0v) is 9.04. The molecule has 4 heteroatoms. The molecule has 0 bridgehead atoms. The van der Waals surface area contributed by atoms with Crippen LogP contribution in [0.3, 0.4) is 0 Å². The molecular weight excluding hydrogens is 210 g/mol. The summed E-state index contributed by atoms with van der Waals surface area (Å²) in [6.45, 7) is 1.92. The Hall–Kier alpha value is -1.71. The molecule has 0 fully saturated rings. The van der Waals surface area contributed by atoms with Crippen LogP contribution >= 0.6 is 11.6 Å². The lowest BCUT2D eigenvalue weighted by atomic mass is 10.2. The van der Waals surface area contributed by atoms with Crippen LogP contribution in [-0.2, 0) is 0 Å². The van der Waals surface area contributed by atoms with Gasteiger partial charge in [0.25, 0.3) is 0 Å². The molecule has 1 aromatic carbocycles. The molecule has 0 amide bonds. The highest BCUT2D eigenvalue weighted by Crippen LogP contribution is 2.20. The molecule has 0 saturated heterocycles. The summed E-state index contributed by atoms with van der Waals surface area (Å²) < 4.78 is 0. The van der Waals surface area contributed by atoms with Gasteiger partial charge in [-0.05, 0) is 24.6 Å². The van der Waals surface area contributed by atoms with Gasteiger partial charge in [0.05, 0.1) is 16.7 Å². The first-order valence-corrected chi connectivity index (χ1v) is 4.94. The maximum absolute atomic E-state index is 8.76. The van der Waals surface area contributed by atoms with Crippen molar-refractivity contribution >= 4 is 17.3 Å². The lowest BCUT2D eigenvalue weighted by Crippen LogP contribution is -2.15. The highest BCUT2D eigenvalue weighted by atomic mass is 35.5. The molecule has 0 spiro atoms. The van der Waals surface area contributed by atoms with Crippen molar-refractivity contribution in [3.63, 3.8) is 0 Å². The molecule has 0 aliphatic heterocycles. The largest absolute Gasteiger partial charge is 0.370 e. The molecule has 76 valence electrons. The van der Waals surface area contributed by atoms with Crippen molar-refractivity contribution < 1.29 is 0 Å². The molecule has 0 saturated carbocycles. The number of rotatable bonds is 3. The number of nitrogens with zero attached hydrogens (tertiary/aromatic N) is 2. The van der Waals surface area contributed by atoms with Crippen LogP contribution in [0.1, 0.15) is 18.9 Å². The minimum absolute atomic E-state index is 0.228. The zero-order valence-electron chi connectivity index (χ0n) is 8.29. The number of hydrogen-bond acceptors (Lipinski definition) is 3. The molecule has 0 aromatic heterocycles. The number of nitrogens with one attached hydrogen (secondary N) is 1. The van der Waals surface area contributed by atoms with E-state index in [1.54, 1.807) is 18.2 Å². The highest BCUT2D eigenvalue weighted by Gasteiger charge is 2.05. The van der Waals surface area contributed by atoms with E-state index < -0.39 is 0 Å². The average molecular weight is 220 g/mol. The summed E-state index contributed by atoms with van der Waals surface area (Å²) in [5.41, 5.74) is 1.19. The van der Waals surface area contributed by atoms with E-state index in [9.17, 15) is 0 Å². The predicted molar refractivity (Wildman–Crippen MR) is 59.5 cm³/mol. The van der Waals surface area contributed by atoms with E-state index in [0.29, 0.717) is 17.0 Å². The van der Waals surface area contributed by atoms with E-state index >= 15 is 0 Å². The summed E-state index contributed by atoms with van der Waals surface area (Å²) in [7, 11) is 0. The Kier molecular flexibility index (Phi) is 3.97. The van der Waals surface area contributed by atoms with Crippen LogP contribution in [0.4, 0.5) is 5.69 Å². The third-order valence-corrected chi connectivity index (χ3v) is 2.31. The van der Waals surface area contributed by atoms with Crippen LogP contribution in [0.2, 0.25) is 5.02 Å². The molecule has 1 atom stereocenters. The second-order valence-corrected chi connectivity index (χ2v) is 3.45. The van der Waals surface area contributed by atoms with Crippen LogP contribution in [0.25, 0.3) is 0 Å². The normalized spacial score (nSPS) is 11.2. The summed E-state index contributed by atoms with van der Waals surface area (Å²) in [6, 6.07) is 8.91. The monoisotopic (exact) mass is 219 g/mol. The van der Waals surface area contributed by atoms with Gasteiger partial charge in [0.15, 0.2) is 0 Å². The number of halogens is 1. The minimum Gasteiger partial charge on any atom is -0.370 e. The summed E-state index contributed by atoms with van der Waals surface area (Å²) in [5, 5.41) is 20.8. The van der Waals surface area contributed by atoms with Crippen LogP contribution in [-0.4, -0.2) is 6.04 Å². The first kappa shape index (κ1) is 11.4. The van der Waals surface area contributed by atoms with Gasteiger partial charge in [-0.15, -0.1) is 0 Å². The zero-order chi connectivity index (χ0) is 11.3. The third kappa shape index (κ3) is 2.87. The Labute approximate surface area is 93.9 Å². The number of anilines is 1. The maximum Gasteiger partial charge on any atom is 0.114 e. The van der Waals surface area contributed by atoms with E-state index in [1.807, 2.05) is 13.0 Å². The summed E-state index contributed by atoms with van der Waals surface area (Å²) in [6.07, 6.45) is 0.716. The lowest BCUT2D eigenvalue weighted by Gasteiger charge is -2.10. The second-order valence-electron chi connectivity index (χ2n) is 3.04. The lowest BCUT2D eigenvalue weighted by molar-refractivity contribution is 0.845. The molecule has 0 aliphatic rings. The van der Waals surface area contributed by atoms with Gasteiger partial charge in [-0.1, -0.05) is 18.5 Å². The minimum atomic E-state index is -0.228. The van der Waals surface area contributed by atoms with Gasteiger partial charge in [-0.3, -0.25) is 0 Å². The molecule has 1 rings (SSSR count). The second kappa shape index (κ2) is 5.24. The van der Waals surface area contributed by atoms with E-state index in [4.69, 9.17) is 22.1 Å². The first-order chi connectivity index (χ1) is 7.21. The molecular formula is C11H10ClN3. The van der Waals surface area contributed by atoms with E-state index in [-0.39, 0.29) is 6.04 Å². The van der Waals surface area contributed by atoms with Crippen LogP contribution in [0.5, 0.6) is 0 Å². The fourth-order valence-electron chi connectivity index (χ4n) is 1.12. The smallest absolute Gasteiger partial charge is 0.114 e. The van der Waals surface area contributed by atoms with Crippen molar-refractivity contribution in [3.8, 4) is 12.1 Å². The topological polar surface area (TPSA) is 59.6 Å². The molecule has 15 heavy (non-hydrogen) atoms. The molecule has 0 radical (unpaired) electrons. The molecule has 0 aliphatic carbocycles. The van der Waals surface area contributed by atoms with Crippen molar-refractivity contribution in [2.75, 3.05) is 5.32 Å². The Morgan fingerprint density at radius 1 is 1.47 bits per heavy atom. The van der Waals surface area contributed by atoms with Crippen LogP contribution < -0.4 is 5.32 Å². The Morgan fingerprint density at radius 2 is 2.20 bits per heavy atom. The van der Waals surface area contributed by atoms with Gasteiger partial charge in [0, 0.05) is 5.69 Å². The molecule has 1 unspecified atom stereocenters. The van der Waals surface area contributed by atoms with Crippen molar-refractivity contribution in [1.29, 1.82) is 10.5 Å². The fourth-order valence-corrected chi connectivity index (χ4v) is 1.35. The van der Waals surface area contributed by atoms with Crippen molar-refractivity contribution in [1.82, 2.24) is 0 Å². The summed E-state index contributed by atoms with van der Waals surface area (Å²) in [5.74, 6) is 0. The number of benzene rings is 1. The highest BCUT2D eigenvalue weighted by molar-refractivity contribution is 6.32. The maximum atomic E-state index is 8.76. The Morgan fingerprint density at radius 3 is 2.67 bits per heavy atom. The van der Waals surface area contributed by atoms with E-state index in [2.05, 4.69) is 11.4 Å². The van der Waals surface area contributed by atoms with Gasteiger partial charge in [0.1, 0.15) is 12.1 Å². The van der Waals surface area contributed by atoms with Crippen molar-refractivity contribution in [2.45, 2.75) is 19.4 Å². The molecule has 0 heterocycles.